The maximum absolute atomic E-state index is 13.2. The van der Waals surface area contributed by atoms with Crippen molar-refractivity contribution >= 4 is 0 Å². The quantitative estimate of drug-likeness (QED) is 0.903. The van der Waals surface area contributed by atoms with E-state index in [0.717, 1.165) is 19.5 Å². The molecule has 0 amide bonds. The minimum Gasteiger partial charge on any atom is -0.309 e. The van der Waals surface area contributed by atoms with Gasteiger partial charge in [-0.25, -0.2) is 4.39 Å². The third-order valence-electron chi connectivity index (χ3n) is 5.10. The topological polar surface area (TPSA) is 15.3 Å². The zero-order chi connectivity index (χ0) is 15.6. The van der Waals surface area contributed by atoms with Crippen molar-refractivity contribution in [2.45, 2.75) is 58.7 Å². The monoisotopic (exact) mass is 292 g/mol. The normalized spacial score (nSPS) is 28.8. The van der Waals surface area contributed by atoms with E-state index in [1.165, 1.54) is 5.56 Å². The molecule has 1 fully saturated rings. The standard InChI is InChI=1S/C18H29FN2/c1-6-18(5)12-21(17(11-20-18)13(2)3)14(4)15-7-9-16(19)10-8-15/h7-10,13-14,17,20H,6,11-12H2,1-5H3. The molecule has 0 aliphatic carbocycles. The minimum atomic E-state index is -0.162. The van der Waals surface area contributed by atoms with Gasteiger partial charge in [-0.1, -0.05) is 32.9 Å². The Morgan fingerprint density at radius 2 is 1.90 bits per heavy atom. The van der Waals surface area contributed by atoms with Crippen LogP contribution in [0.25, 0.3) is 0 Å². The molecule has 1 aliphatic heterocycles. The molecule has 3 heteroatoms. The van der Waals surface area contributed by atoms with Crippen LogP contribution in [0.3, 0.4) is 0 Å². The van der Waals surface area contributed by atoms with E-state index in [2.05, 4.69) is 44.8 Å². The third kappa shape index (κ3) is 3.64. The van der Waals surface area contributed by atoms with Crippen LogP contribution in [-0.4, -0.2) is 29.6 Å². The number of nitrogens with one attached hydrogen (secondary N) is 1. The van der Waals surface area contributed by atoms with Crippen LogP contribution >= 0.6 is 0 Å². The molecule has 0 radical (unpaired) electrons. The molecule has 1 aromatic carbocycles. The summed E-state index contributed by atoms with van der Waals surface area (Å²) in [6.07, 6.45) is 1.12. The summed E-state index contributed by atoms with van der Waals surface area (Å²) in [5, 5.41) is 3.72. The smallest absolute Gasteiger partial charge is 0.123 e. The van der Waals surface area contributed by atoms with Crippen LogP contribution < -0.4 is 5.32 Å². The Morgan fingerprint density at radius 3 is 2.43 bits per heavy atom. The Bertz CT molecular complexity index is 457. The predicted molar refractivity (Wildman–Crippen MR) is 86.8 cm³/mol. The van der Waals surface area contributed by atoms with Crippen LogP contribution in [0.5, 0.6) is 0 Å². The van der Waals surface area contributed by atoms with Crippen LogP contribution in [0.1, 0.15) is 52.6 Å². The van der Waals surface area contributed by atoms with Gasteiger partial charge >= 0.3 is 0 Å². The highest BCUT2D eigenvalue weighted by molar-refractivity contribution is 5.20. The average Bonchev–Trinajstić information content (AvgIpc) is 2.47. The second-order valence-corrected chi connectivity index (χ2v) is 7.01. The predicted octanol–water partition coefficient (Wildman–Crippen LogP) is 3.99. The van der Waals surface area contributed by atoms with Crippen LogP contribution in [0, 0.1) is 11.7 Å². The fourth-order valence-electron chi connectivity index (χ4n) is 3.26. The number of rotatable bonds is 4. The van der Waals surface area contributed by atoms with E-state index >= 15 is 0 Å². The molecule has 3 unspecified atom stereocenters. The second-order valence-electron chi connectivity index (χ2n) is 7.01. The fraction of sp³-hybridized carbons (Fsp3) is 0.667. The van der Waals surface area contributed by atoms with Gasteiger partial charge in [0.15, 0.2) is 0 Å². The molecule has 118 valence electrons. The summed E-state index contributed by atoms with van der Waals surface area (Å²) >= 11 is 0. The van der Waals surface area contributed by atoms with Crippen LogP contribution in [0.2, 0.25) is 0 Å². The molecule has 21 heavy (non-hydrogen) atoms. The van der Waals surface area contributed by atoms with E-state index < -0.39 is 0 Å². The molecule has 2 nitrogen and oxygen atoms in total. The molecule has 2 rings (SSSR count). The molecule has 1 aliphatic rings. The van der Waals surface area contributed by atoms with E-state index in [9.17, 15) is 4.39 Å². The van der Waals surface area contributed by atoms with Crippen LogP contribution in [0.4, 0.5) is 4.39 Å². The van der Waals surface area contributed by atoms with Crippen molar-refractivity contribution in [3.63, 3.8) is 0 Å². The van der Waals surface area contributed by atoms with Crippen molar-refractivity contribution in [1.82, 2.24) is 10.2 Å². The molecule has 0 saturated carbocycles. The van der Waals surface area contributed by atoms with Crippen molar-refractivity contribution in [1.29, 1.82) is 0 Å². The highest BCUT2D eigenvalue weighted by Gasteiger charge is 2.38. The van der Waals surface area contributed by atoms with E-state index in [4.69, 9.17) is 0 Å². The summed E-state index contributed by atoms with van der Waals surface area (Å²) in [6.45, 7) is 13.4. The maximum atomic E-state index is 13.2. The van der Waals surface area contributed by atoms with Gasteiger partial charge in [0, 0.05) is 30.7 Å². The molecule has 0 bridgehead atoms. The summed E-state index contributed by atoms with van der Waals surface area (Å²) in [7, 11) is 0. The molecule has 1 saturated heterocycles. The lowest BCUT2D eigenvalue weighted by atomic mass is 9.88. The van der Waals surface area contributed by atoms with E-state index in [-0.39, 0.29) is 11.4 Å². The van der Waals surface area contributed by atoms with Gasteiger partial charge in [0.05, 0.1) is 0 Å². The number of benzene rings is 1. The SMILES string of the molecule is CCC1(C)CN(C(C)c2ccc(F)cc2)C(C(C)C)CN1. The number of piperazine rings is 1. The van der Waals surface area contributed by atoms with Gasteiger partial charge in [0.1, 0.15) is 5.82 Å². The number of nitrogens with zero attached hydrogens (tertiary/aromatic N) is 1. The Labute approximate surface area is 128 Å². The lowest BCUT2D eigenvalue weighted by Crippen LogP contribution is -2.64. The largest absolute Gasteiger partial charge is 0.309 e. The van der Waals surface area contributed by atoms with Crippen molar-refractivity contribution in [2.24, 2.45) is 5.92 Å². The van der Waals surface area contributed by atoms with Crippen molar-refractivity contribution < 1.29 is 4.39 Å². The molecule has 0 aromatic heterocycles. The molecule has 0 spiro atoms. The van der Waals surface area contributed by atoms with Gasteiger partial charge in [0.25, 0.3) is 0 Å². The van der Waals surface area contributed by atoms with Crippen LogP contribution in [0.15, 0.2) is 24.3 Å². The molecular weight excluding hydrogens is 263 g/mol. The first-order valence-electron chi connectivity index (χ1n) is 8.12. The first kappa shape index (κ1) is 16.4. The van der Waals surface area contributed by atoms with Crippen molar-refractivity contribution in [3.8, 4) is 0 Å². The molecule has 1 heterocycles. The molecule has 1 aromatic rings. The van der Waals surface area contributed by atoms with Gasteiger partial charge in [-0.3, -0.25) is 4.90 Å². The number of hydrogen-bond donors (Lipinski definition) is 1. The third-order valence-corrected chi connectivity index (χ3v) is 5.10. The van der Waals surface area contributed by atoms with Gasteiger partial charge in [-0.15, -0.1) is 0 Å². The van der Waals surface area contributed by atoms with Crippen molar-refractivity contribution in [2.75, 3.05) is 13.1 Å². The lowest BCUT2D eigenvalue weighted by Gasteiger charge is -2.50. The lowest BCUT2D eigenvalue weighted by molar-refractivity contribution is 0.0295. The zero-order valence-electron chi connectivity index (χ0n) is 14.0. The summed E-state index contributed by atoms with van der Waals surface area (Å²) in [5.41, 5.74) is 1.36. The van der Waals surface area contributed by atoms with E-state index in [1.807, 2.05) is 12.1 Å². The summed E-state index contributed by atoms with van der Waals surface area (Å²) in [5.74, 6) is 0.437. The van der Waals surface area contributed by atoms with Crippen LogP contribution in [-0.2, 0) is 0 Å². The Kier molecular flexibility index (Phi) is 5.05. The first-order valence-corrected chi connectivity index (χ1v) is 8.12. The van der Waals surface area contributed by atoms with E-state index in [0.29, 0.717) is 18.0 Å². The summed E-state index contributed by atoms with van der Waals surface area (Å²) < 4.78 is 13.2. The second kappa shape index (κ2) is 6.45. The highest BCUT2D eigenvalue weighted by atomic mass is 19.1. The average molecular weight is 292 g/mol. The van der Waals surface area contributed by atoms with Gasteiger partial charge in [-0.05, 0) is 43.9 Å². The van der Waals surface area contributed by atoms with E-state index in [1.54, 1.807) is 12.1 Å². The summed E-state index contributed by atoms with van der Waals surface area (Å²) in [6, 6.07) is 7.80. The van der Waals surface area contributed by atoms with Crippen molar-refractivity contribution in [3.05, 3.63) is 35.6 Å². The number of hydrogen-bond acceptors (Lipinski definition) is 2. The zero-order valence-corrected chi connectivity index (χ0v) is 14.0. The molecule has 3 atom stereocenters. The highest BCUT2D eigenvalue weighted by Crippen LogP contribution is 2.31. The Hall–Kier alpha value is -0.930. The molecular formula is C18H29FN2. The molecule has 1 N–H and O–H groups in total. The summed E-state index contributed by atoms with van der Waals surface area (Å²) in [4.78, 5) is 2.60. The number of halogens is 1. The van der Waals surface area contributed by atoms with Gasteiger partial charge in [-0.2, -0.15) is 0 Å². The maximum Gasteiger partial charge on any atom is 0.123 e. The minimum absolute atomic E-state index is 0.162. The Balaban J connectivity index is 2.24. The Morgan fingerprint density at radius 1 is 1.29 bits per heavy atom. The fourth-order valence-corrected chi connectivity index (χ4v) is 3.26. The van der Waals surface area contributed by atoms with Gasteiger partial charge < -0.3 is 5.32 Å². The van der Waals surface area contributed by atoms with Gasteiger partial charge in [0.2, 0.25) is 0 Å². The first-order chi connectivity index (χ1) is 9.86.